The van der Waals surface area contributed by atoms with Gasteiger partial charge >= 0.3 is 0 Å². The van der Waals surface area contributed by atoms with Crippen LogP contribution in [0.3, 0.4) is 0 Å². The summed E-state index contributed by atoms with van der Waals surface area (Å²) in [6.45, 7) is 10.6. The van der Waals surface area contributed by atoms with Gasteiger partial charge < -0.3 is 10.2 Å². The number of hydrogen-bond donors (Lipinski definition) is 1. The highest BCUT2D eigenvalue weighted by Crippen LogP contribution is 2.19. The van der Waals surface area contributed by atoms with E-state index < -0.39 is 0 Å². The van der Waals surface area contributed by atoms with E-state index in [0.29, 0.717) is 5.92 Å². The molecule has 112 valence electrons. The summed E-state index contributed by atoms with van der Waals surface area (Å²) in [6, 6.07) is 8.82. The van der Waals surface area contributed by atoms with Gasteiger partial charge in [-0.05, 0) is 30.9 Å². The third kappa shape index (κ3) is 3.87. The molecule has 0 fully saturated rings. The molecular weight excluding hydrogens is 361 g/mol. The van der Waals surface area contributed by atoms with Gasteiger partial charge in [0.15, 0.2) is 5.96 Å². The summed E-state index contributed by atoms with van der Waals surface area (Å²) in [6.07, 6.45) is 0. The van der Waals surface area contributed by atoms with Gasteiger partial charge in [-0.25, -0.2) is 0 Å². The minimum atomic E-state index is 0. The zero-order valence-corrected chi connectivity index (χ0v) is 15.4. The number of rotatable bonds is 3. The molecule has 2 rings (SSSR count). The first-order valence-corrected chi connectivity index (χ1v) is 7.01. The third-order valence-corrected chi connectivity index (χ3v) is 3.94. The molecule has 20 heavy (non-hydrogen) atoms. The maximum atomic E-state index is 4.56. The van der Waals surface area contributed by atoms with Crippen molar-refractivity contribution in [1.29, 1.82) is 0 Å². The van der Waals surface area contributed by atoms with Crippen LogP contribution in [0.15, 0.2) is 29.3 Å². The summed E-state index contributed by atoms with van der Waals surface area (Å²) >= 11 is 0. The third-order valence-electron chi connectivity index (χ3n) is 3.94. The van der Waals surface area contributed by atoms with Crippen LogP contribution in [-0.4, -0.2) is 30.0 Å². The fraction of sp³-hybridized carbons (Fsp3) is 0.562. The molecule has 0 unspecified atom stereocenters. The fourth-order valence-corrected chi connectivity index (χ4v) is 2.14. The van der Waals surface area contributed by atoms with E-state index in [4.69, 9.17) is 0 Å². The monoisotopic (exact) mass is 387 g/mol. The molecule has 0 radical (unpaired) electrons. The Bertz CT molecular complexity index is 463. The van der Waals surface area contributed by atoms with Crippen molar-refractivity contribution in [2.24, 2.45) is 4.99 Å². The Labute approximate surface area is 139 Å². The average molecular weight is 387 g/mol. The molecule has 1 aromatic rings. The predicted octanol–water partition coefficient (Wildman–Crippen LogP) is 3.60. The number of hydrogen-bond acceptors (Lipinski definition) is 3. The summed E-state index contributed by atoms with van der Waals surface area (Å²) in [4.78, 5) is 6.78. The van der Waals surface area contributed by atoms with Gasteiger partial charge in [-0.2, -0.15) is 0 Å². The molecule has 0 atom stereocenters. The van der Waals surface area contributed by atoms with Crippen molar-refractivity contribution in [3.8, 4) is 0 Å². The first-order valence-electron chi connectivity index (χ1n) is 7.01. The van der Waals surface area contributed by atoms with Crippen LogP contribution in [0.1, 0.15) is 44.7 Å². The molecule has 0 amide bonds. The summed E-state index contributed by atoms with van der Waals surface area (Å²) in [5.41, 5.74) is 2.81. The first-order chi connectivity index (χ1) is 8.90. The second kappa shape index (κ2) is 6.78. The summed E-state index contributed by atoms with van der Waals surface area (Å²) in [7, 11) is 2.10. The van der Waals surface area contributed by atoms with Crippen LogP contribution >= 0.6 is 24.0 Å². The zero-order chi connectivity index (χ0) is 14.0. The number of nitrogens with zero attached hydrogens (tertiary/aromatic N) is 2. The van der Waals surface area contributed by atoms with Crippen LogP contribution in [0.25, 0.3) is 0 Å². The number of nitrogens with one attached hydrogen (secondary N) is 1. The van der Waals surface area contributed by atoms with E-state index in [0.717, 1.165) is 19.0 Å². The summed E-state index contributed by atoms with van der Waals surface area (Å²) < 4.78 is 0. The van der Waals surface area contributed by atoms with Gasteiger partial charge in [0.05, 0.1) is 12.1 Å². The zero-order valence-electron chi connectivity index (χ0n) is 13.1. The lowest BCUT2D eigenvalue weighted by Gasteiger charge is -2.30. The molecule has 4 heteroatoms. The topological polar surface area (TPSA) is 27.6 Å². The van der Waals surface area contributed by atoms with Crippen LogP contribution in [0, 0.1) is 0 Å². The number of halogens is 1. The quantitative estimate of drug-likeness (QED) is 0.803. The molecule has 1 aliphatic heterocycles. The van der Waals surface area contributed by atoms with Crippen molar-refractivity contribution < 1.29 is 0 Å². The van der Waals surface area contributed by atoms with E-state index in [1.54, 1.807) is 0 Å². The highest BCUT2D eigenvalue weighted by molar-refractivity contribution is 14.0. The van der Waals surface area contributed by atoms with Crippen LogP contribution in [0.5, 0.6) is 0 Å². The lowest BCUT2D eigenvalue weighted by atomic mass is 10.0. The normalized spacial score (nSPS) is 16.9. The molecule has 1 aromatic carbocycles. The maximum Gasteiger partial charge on any atom is 0.194 e. The van der Waals surface area contributed by atoms with E-state index in [1.165, 1.54) is 11.1 Å². The second-order valence-corrected chi connectivity index (χ2v) is 6.26. The number of likely N-dealkylation sites (N-methyl/N-ethyl adjacent to an activating group) is 1. The largest absolute Gasteiger partial charge is 0.352 e. The molecule has 1 aliphatic rings. The van der Waals surface area contributed by atoms with E-state index in [9.17, 15) is 0 Å². The Morgan fingerprint density at radius 2 is 1.85 bits per heavy atom. The first kappa shape index (κ1) is 17.3. The number of aliphatic imine (C=N–C) groups is 1. The minimum Gasteiger partial charge on any atom is -0.352 e. The maximum absolute atomic E-state index is 4.56. The molecule has 0 aromatic heterocycles. The van der Waals surface area contributed by atoms with Crippen LogP contribution in [0.2, 0.25) is 0 Å². The molecule has 0 saturated heterocycles. The Hall–Kier alpha value is -0.780. The summed E-state index contributed by atoms with van der Waals surface area (Å²) in [5.74, 6) is 1.59. The molecular formula is C16H26IN3. The van der Waals surface area contributed by atoms with Gasteiger partial charge in [-0.3, -0.25) is 4.99 Å². The Kier molecular flexibility index (Phi) is 5.86. The molecule has 1 N–H and O–H groups in total. The SMILES string of the molecule is CC(C)c1ccc(CNC2=NCC(C)(C)N2C)cc1.I. The van der Waals surface area contributed by atoms with Gasteiger partial charge in [0, 0.05) is 13.6 Å². The smallest absolute Gasteiger partial charge is 0.194 e. The molecule has 0 aliphatic carbocycles. The van der Waals surface area contributed by atoms with Crippen molar-refractivity contribution in [3.05, 3.63) is 35.4 Å². The molecule has 0 bridgehead atoms. The fourth-order valence-electron chi connectivity index (χ4n) is 2.14. The molecule has 1 heterocycles. The van der Waals surface area contributed by atoms with Gasteiger partial charge in [0.1, 0.15) is 0 Å². The molecule has 0 saturated carbocycles. The molecule has 3 nitrogen and oxygen atoms in total. The van der Waals surface area contributed by atoms with Gasteiger partial charge in [-0.1, -0.05) is 38.1 Å². The minimum absolute atomic E-state index is 0. The Morgan fingerprint density at radius 1 is 1.25 bits per heavy atom. The van der Waals surface area contributed by atoms with Gasteiger partial charge in [0.2, 0.25) is 0 Å². The van der Waals surface area contributed by atoms with Crippen molar-refractivity contribution in [2.75, 3.05) is 13.6 Å². The van der Waals surface area contributed by atoms with E-state index in [-0.39, 0.29) is 29.5 Å². The number of benzene rings is 1. The predicted molar refractivity (Wildman–Crippen MR) is 96.9 cm³/mol. The standard InChI is InChI=1S/C16H25N3.HI/c1-12(2)14-8-6-13(7-9-14)10-17-15-18-11-16(3,4)19(15)5;/h6-9,12H,10-11H2,1-5H3,(H,17,18);1H. The van der Waals surface area contributed by atoms with E-state index >= 15 is 0 Å². The van der Waals surface area contributed by atoms with Crippen molar-refractivity contribution in [3.63, 3.8) is 0 Å². The summed E-state index contributed by atoms with van der Waals surface area (Å²) in [5, 5.41) is 3.43. The van der Waals surface area contributed by atoms with Crippen LogP contribution < -0.4 is 5.32 Å². The van der Waals surface area contributed by atoms with Crippen molar-refractivity contribution in [1.82, 2.24) is 10.2 Å². The lowest BCUT2D eigenvalue weighted by molar-refractivity contribution is 0.286. The average Bonchev–Trinajstić information content (AvgIpc) is 2.63. The second-order valence-electron chi connectivity index (χ2n) is 6.26. The van der Waals surface area contributed by atoms with Crippen LogP contribution in [-0.2, 0) is 6.54 Å². The van der Waals surface area contributed by atoms with Crippen molar-refractivity contribution in [2.45, 2.75) is 45.7 Å². The van der Waals surface area contributed by atoms with E-state index in [1.807, 2.05) is 0 Å². The van der Waals surface area contributed by atoms with Crippen molar-refractivity contribution >= 4 is 29.9 Å². The number of guanidine groups is 1. The Morgan fingerprint density at radius 3 is 2.30 bits per heavy atom. The van der Waals surface area contributed by atoms with E-state index in [2.05, 4.69) is 74.2 Å². The Balaban J connectivity index is 0.00000200. The highest BCUT2D eigenvalue weighted by atomic mass is 127. The van der Waals surface area contributed by atoms with Crippen LogP contribution in [0.4, 0.5) is 0 Å². The van der Waals surface area contributed by atoms with Gasteiger partial charge in [-0.15, -0.1) is 24.0 Å². The molecule has 0 spiro atoms. The lowest BCUT2D eigenvalue weighted by Crippen LogP contribution is -2.46. The van der Waals surface area contributed by atoms with Gasteiger partial charge in [0.25, 0.3) is 0 Å². The highest BCUT2D eigenvalue weighted by Gasteiger charge is 2.31.